The number of hydrogen-bond acceptors (Lipinski definition) is 3. The molecule has 0 spiro atoms. The third kappa shape index (κ3) is 4.04. The van der Waals surface area contributed by atoms with Crippen LogP contribution in [-0.2, 0) is 14.8 Å². The van der Waals surface area contributed by atoms with E-state index in [1.165, 1.54) is 6.26 Å². The second kappa shape index (κ2) is 4.20. The lowest BCUT2D eigenvalue weighted by Crippen LogP contribution is -2.25. The second-order valence-corrected chi connectivity index (χ2v) is 4.92. The molecule has 0 aromatic carbocycles. The predicted molar refractivity (Wildman–Crippen MR) is 46.4 cm³/mol. The molecule has 1 N–H and O–H groups in total. The van der Waals surface area contributed by atoms with E-state index in [4.69, 9.17) is 4.74 Å². The molecule has 5 heteroatoms. The van der Waals surface area contributed by atoms with E-state index in [-0.39, 0.29) is 6.10 Å². The van der Waals surface area contributed by atoms with Crippen LogP contribution in [-0.4, -0.2) is 33.9 Å². The zero-order valence-corrected chi connectivity index (χ0v) is 8.06. The molecular weight excluding hydrogens is 178 g/mol. The molecule has 1 aliphatic rings. The van der Waals surface area contributed by atoms with Gasteiger partial charge in [-0.2, -0.15) is 0 Å². The number of rotatable bonds is 4. The summed E-state index contributed by atoms with van der Waals surface area (Å²) in [6, 6.07) is 0. The van der Waals surface area contributed by atoms with Crippen LogP contribution in [0.5, 0.6) is 0 Å². The summed E-state index contributed by atoms with van der Waals surface area (Å²) in [5.74, 6) is 0. The minimum atomic E-state index is -3.02. The van der Waals surface area contributed by atoms with Crippen molar-refractivity contribution in [2.24, 2.45) is 0 Å². The normalized spacial score (nSPS) is 24.6. The first-order valence-corrected chi connectivity index (χ1v) is 6.03. The maximum absolute atomic E-state index is 10.7. The zero-order valence-electron chi connectivity index (χ0n) is 7.25. The Kier molecular flexibility index (Phi) is 3.49. The van der Waals surface area contributed by atoms with Crippen molar-refractivity contribution in [2.75, 3.05) is 19.4 Å². The summed E-state index contributed by atoms with van der Waals surface area (Å²) >= 11 is 0. The van der Waals surface area contributed by atoms with E-state index >= 15 is 0 Å². The van der Waals surface area contributed by atoms with Crippen LogP contribution >= 0.6 is 0 Å². The Labute approximate surface area is 73.3 Å². The summed E-state index contributed by atoms with van der Waals surface area (Å²) < 4.78 is 29.1. The molecule has 1 heterocycles. The number of sulfonamides is 1. The largest absolute Gasteiger partial charge is 0.378 e. The molecule has 1 saturated heterocycles. The van der Waals surface area contributed by atoms with Gasteiger partial charge in [-0.05, 0) is 19.3 Å². The lowest BCUT2D eigenvalue weighted by Gasteiger charge is -2.08. The summed E-state index contributed by atoms with van der Waals surface area (Å²) in [5.41, 5.74) is 0. The molecule has 1 fully saturated rings. The van der Waals surface area contributed by atoms with Crippen LogP contribution in [0.3, 0.4) is 0 Å². The van der Waals surface area contributed by atoms with E-state index in [9.17, 15) is 8.42 Å². The summed E-state index contributed by atoms with van der Waals surface area (Å²) in [5, 5.41) is 0. The van der Waals surface area contributed by atoms with Gasteiger partial charge < -0.3 is 4.74 Å². The minimum absolute atomic E-state index is 0.263. The van der Waals surface area contributed by atoms with Gasteiger partial charge in [0, 0.05) is 13.2 Å². The van der Waals surface area contributed by atoms with E-state index in [0.29, 0.717) is 6.54 Å². The summed E-state index contributed by atoms with van der Waals surface area (Å²) in [6.45, 7) is 1.31. The topological polar surface area (TPSA) is 55.4 Å². The van der Waals surface area contributed by atoms with Crippen molar-refractivity contribution in [3.05, 3.63) is 0 Å². The molecule has 72 valence electrons. The summed E-state index contributed by atoms with van der Waals surface area (Å²) in [6.07, 6.45) is 4.38. The van der Waals surface area contributed by atoms with Gasteiger partial charge >= 0.3 is 0 Å². The molecule has 0 amide bonds. The molecule has 4 nitrogen and oxygen atoms in total. The molecule has 0 aliphatic carbocycles. The highest BCUT2D eigenvalue weighted by Crippen LogP contribution is 2.14. The lowest BCUT2D eigenvalue weighted by atomic mass is 10.2. The third-order valence-corrected chi connectivity index (χ3v) is 2.58. The third-order valence-electron chi connectivity index (χ3n) is 1.85. The van der Waals surface area contributed by atoms with Crippen LogP contribution in [0.25, 0.3) is 0 Å². The van der Waals surface area contributed by atoms with Crippen LogP contribution in [0.4, 0.5) is 0 Å². The number of ether oxygens (including phenoxy) is 1. The second-order valence-electron chi connectivity index (χ2n) is 3.09. The van der Waals surface area contributed by atoms with Crippen LogP contribution < -0.4 is 4.72 Å². The maximum Gasteiger partial charge on any atom is 0.208 e. The first kappa shape index (κ1) is 9.95. The maximum atomic E-state index is 10.7. The Morgan fingerprint density at radius 3 is 2.83 bits per heavy atom. The fraction of sp³-hybridized carbons (Fsp3) is 1.00. The smallest absolute Gasteiger partial charge is 0.208 e. The van der Waals surface area contributed by atoms with E-state index in [2.05, 4.69) is 4.72 Å². The average Bonchev–Trinajstić information content (AvgIpc) is 2.36. The van der Waals surface area contributed by atoms with Crippen LogP contribution in [0.2, 0.25) is 0 Å². The van der Waals surface area contributed by atoms with Gasteiger partial charge in [0.1, 0.15) is 0 Å². The quantitative estimate of drug-likeness (QED) is 0.689. The molecule has 1 atom stereocenters. The van der Waals surface area contributed by atoms with Crippen molar-refractivity contribution in [3.8, 4) is 0 Å². The van der Waals surface area contributed by atoms with Crippen LogP contribution in [0, 0.1) is 0 Å². The summed E-state index contributed by atoms with van der Waals surface area (Å²) in [4.78, 5) is 0. The molecule has 1 unspecified atom stereocenters. The fourth-order valence-electron chi connectivity index (χ4n) is 1.28. The first-order valence-electron chi connectivity index (χ1n) is 4.14. The van der Waals surface area contributed by atoms with Crippen molar-refractivity contribution < 1.29 is 13.2 Å². The predicted octanol–water partition coefficient (Wildman–Crippen LogP) is 0.105. The van der Waals surface area contributed by atoms with Crippen LogP contribution in [0.1, 0.15) is 19.3 Å². The number of hydrogen-bond donors (Lipinski definition) is 1. The van der Waals surface area contributed by atoms with Gasteiger partial charge in [0.05, 0.1) is 12.4 Å². The Morgan fingerprint density at radius 2 is 2.33 bits per heavy atom. The van der Waals surface area contributed by atoms with Crippen molar-refractivity contribution in [1.29, 1.82) is 0 Å². The standard InChI is InChI=1S/C7H15NO3S/c1-12(9,10)8-5-4-7-3-2-6-11-7/h7-8H,2-6H2,1H3. The molecule has 12 heavy (non-hydrogen) atoms. The van der Waals surface area contributed by atoms with Gasteiger partial charge in [0.2, 0.25) is 10.0 Å². The highest BCUT2D eigenvalue weighted by atomic mass is 32.2. The van der Waals surface area contributed by atoms with Crippen molar-refractivity contribution in [3.63, 3.8) is 0 Å². The fourth-order valence-corrected chi connectivity index (χ4v) is 1.77. The highest BCUT2D eigenvalue weighted by Gasteiger charge is 2.15. The van der Waals surface area contributed by atoms with E-state index in [1.54, 1.807) is 0 Å². The van der Waals surface area contributed by atoms with Crippen molar-refractivity contribution in [1.82, 2.24) is 4.72 Å². The van der Waals surface area contributed by atoms with Gasteiger partial charge in [-0.1, -0.05) is 0 Å². The summed E-state index contributed by atoms with van der Waals surface area (Å²) in [7, 11) is -3.02. The van der Waals surface area contributed by atoms with E-state index in [0.717, 1.165) is 25.9 Å². The van der Waals surface area contributed by atoms with Gasteiger partial charge in [-0.3, -0.25) is 0 Å². The highest BCUT2D eigenvalue weighted by molar-refractivity contribution is 7.88. The molecular formula is C7H15NO3S. The SMILES string of the molecule is CS(=O)(=O)NCCC1CCCO1. The van der Waals surface area contributed by atoms with Crippen molar-refractivity contribution >= 4 is 10.0 Å². The average molecular weight is 193 g/mol. The molecule has 1 rings (SSSR count). The first-order chi connectivity index (χ1) is 5.58. The van der Waals surface area contributed by atoms with Gasteiger partial charge in [-0.25, -0.2) is 13.1 Å². The minimum Gasteiger partial charge on any atom is -0.378 e. The molecule has 0 saturated carbocycles. The van der Waals surface area contributed by atoms with Gasteiger partial charge in [0.25, 0.3) is 0 Å². The Morgan fingerprint density at radius 1 is 1.58 bits per heavy atom. The molecule has 1 aliphatic heterocycles. The molecule has 0 bridgehead atoms. The van der Waals surface area contributed by atoms with E-state index < -0.39 is 10.0 Å². The lowest BCUT2D eigenvalue weighted by molar-refractivity contribution is 0.105. The monoisotopic (exact) mass is 193 g/mol. The Hall–Kier alpha value is -0.130. The van der Waals surface area contributed by atoms with Crippen molar-refractivity contribution in [2.45, 2.75) is 25.4 Å². The zero-order chi connectivity index (χ0) is 9.03. The number of nitrogens with one attached hydrogen (secondary N) is 1. The van der Waals surface area contributed by atoms with Gasteiger partial charge in [0.15, 0.2) is 0 Å². The Balaban J connectivity index is 2.09. The molecule has 0 radical (unpaired) electrons. The van der Waals surface area contributed by atoms with Gasteiger partial charge in [-0.15, -0.1) is 0 Å². The molecule has 0 aromatic heterocycles. The van der Waals surface area contributed by atoms with E-state index in [1.807, 2.05) is 0 Å². The Bertz CT molecular complexity index is 219. The molecule has 0 aromatic rings. The van der Waals surface area contributed by atoms with Crippen LogP contribution in [0.15, 0.2) is 0 Å².